The highest BCUT2D eigenvalue weighted by Crippen LogP contribution is 2.15. The van der Waals surface area contributed by atoms with E-state index in [9.17, 15) is 4.79 Å². The molecule has 0 radical (unpaired) electrons. The third-order valence-corrected chi connectivity index (χ3v) is 3.80. The molecular formula is C16H20N6O. The zero-order valence-corrected chi connectivity index (χ0v) is 13.5. The number of imidazole rings is 1. The van der Waals surface area contributed by atoms with Crippen molar-refractivity contribution in [3.63, 3.8) is 0 Å². The standard InChI is InChI=1S/C16H20N6O/c1-4-12(15-17-10-18-22(15)5-2)20-16(23)13-9-21-8-11(3)6-7-14(21)19-13/h6-10,12H,4-5H2,1-3H3,(H,20,23). The van der Waals surface area contributed by atoms with Crippen LogP contribution in [0.25, 0.3) is 5.65 Å². The smallest absolute Gasteiger partial charge is 0.272 e. The molecule has 0 bridgehead atoms. The second-order valence-corrected chi connectivity index (χ2v) is 5.47. The van der Waals surface area contributed by atoms with Gasteiger partial charge >= 0.3 is 0 Å². The number of carbonyl (C=O) groups excluding carboxylic acids is 1. The van der Waals surface area contributed by atoms with Crippen LogP contribution < -0.4 is 5.32 Å². The van der Waals surface area contributed by atoms with Crippen LogP contribution in [0.4, 0.5) is 0 Å². The molecular weight excluding hydrogens is 292 g/mol. The van der Waals surface area contributed by atoms with Crippen LogP contribution >= 0.6 is 0 Å². The Morgan fingerprint density at radius 2 is 2.13 bits per heavy atom. The van der Waals surface area contributed by atoms with Crippen LogP contribution in [0, 0.1) is 6.92 Å². The van der Waals surface area contributed by atoms with Crippen molar-refractivity contribution >= 4 is 11.6 Å². The highest BCUT2D eigenvalue weighted by Gasteiger charge is 2.20. The average molecular weight is 312 g/mol. The number of nitrogens with zero attached hydrogens (tertiary/aromatic N) is 5. The summed E-state index contributed by atoms with van der Waals surface area (Å²) in [4.78, 5) is 21.2. The Morgan fingerprint density at radius 1 is 1.30 bits per heavy atom. The van der Waals surface area contributed by atoms with Gasteiger partial charge in [-0.25, -0.2) is 14.6 Å². The minimum atomic E-state index is -0.205. The van der Waals surface area contributed by atoms with E-state index in [1.807, 2.05) is 43.5 Å². The number of hydrogen-bond donors (Lipinski definition) is 1. The molecule has 0 aliphatic rings. The fourth-order valence-corrected chi connectivity index (χ4v) is 2.58. The van der Waals surface area contributed by atoms with E-state index >= 15 is 0 Å². The van der Waals surface area contributed by atoms with Crippen molar-refractivity contribution in [1.82, 2.24) is 29.5 Å². The SMILES string of the molecule is CCC(NC(=O)c1cn2cc(C)ccc2n1)c1ncnn1CC. The number of carbonyl (C=O) groups is 1. The van der Waals surface area contributed by atoms with Gasteiger partial charge in [0.2, 0.25) is 0 Å². The molecule has 0 aliphatic heterocycles. The van der Waals surface area contributed by atoms with Crippen LogP contribution in [0.5, 0.6) is 0 Å². The monoisotopic (exact) mass is 312 g/mol. The molecule has 23 heavy (non-hydrogen) atoms. The van der Waals surface area contributed by atoms with Gasteiger partial charge < -0.3 is 9.72 Å². The molecule has 0 spiro atoms. The quantitative estimate of drug-likeness (QED) is 0.783. The number of rotatable bonds is 5. The Bertz CT molecular complexity index is 834. The molecule has 1 unspecified atom stereocenters. The van der Waals surface area contributed by atoms with Crippen molar-refractivity contribution in [3.8, 4) is 0 Å². The van der Waals surface area contributed by atoms with Gasteiger partial charge in [-0.05, 0) is 31.9 Å². The van der Waals surface area contributed by atoms with Gasteiger partial charge in [0.05, 0.1) is 6.04 Å². The summed E-state index contributed by atoms with van der Waals surface area (Å²) < 4.78 is 3.65. The van der Waals surface area contributed by atoms with Crippen LogP contribution in [-0.2, 0) is 6.54 Å². The van der Waals surface area contributed by atoms with Gasteiger partial charge in [0.25, 0.3) is 5.91 Å². The van der Waals surface area contributed by atoms with E-state index < -0.39 is 0 Å². The largest absolute Gasteiger partial charge is 0.341 e. The average Bonchev–Trinajstić information content (AvgIpc) is 3.18. The second kappa shape index (κ2) is 6.20. The maximum atomic E-state index is 12.5. The van der Waals surface area contributed by atoms with Crippen molar-refractivity contribution in [2.45, 2.75) is 39.8 Å². The van der Waals surface area contributed by atoms with E-state index in [1.165, 1.54) is 6.33 Å². The Hall–Kier alpha value is -2.70. The molecule has 0 aromatic carbocycles. The number of pyridine rings is 1. The molecule has 3 aromatic rings. The second-order valence-electron chi connectivity index (χ2n) is 5.47. The number of hydrogen-bond acceptors (Lipinski definition) is 4. The van der Waals surface area contributed by atoms with E-state index in [-0.39, 0.29) is 11.9 Å². The lowest BCUT2D eigenvalue weighted by Crippen LogP contribution is -2.30. The fourth-order valence-electron chi connectivity index (χ4n) is 2.58. The van der Waals surface area contributed by atoms with Crippen LogP contribution in [0.15, 0.2) is 30.9 Å². The zero-order valence-electron chi connectivity index (χ0n) is 13.5. The summed E-state index contributed by atoms with van der Waals surface area (Å²) in [6, 6.07) is 3.69. The van der Waals surface area contributed by atoms with Gasteiger partial charge in [-0.2, -0.15) is 5.10 Å². The van der Waals surface area contributed by atoms with Gasteiger partial charge in [0.15, 0.2) is 0 Å². The first kappa shape index (κ1) is 15.2. The molecule has 1 N–H and O–H groups in total. The highest BCUT2D eigenvalue weighted by atomic mass is 16.2. The first-order valence-electron chi connectivity index (χ1n) is 7.76. The minimum Gasteiger partial charge on any atom is -0.341 e. The normalized spacial score (nSPS) is 12.5. The number of aryl methyl sites for hydroxylation is 2. The summed E-state index contributed by atoms with van der Waals surface area (Å²) in [6.07, 6.45) is 5.94. The summed E-state index contributed by atoms with van der Waals surface area (Å²) >= 11 is 0. The molecule has 7 heteroatoms. The summed E-state index contributed by atoms with van der Waals surface area (Å²) in [7, 11) is 0. The van der Waals surface area contributed by atoms with E-state index in [0.29, 0.717) is 5.69 Å². The van der Waals surface area contributed by atoms with Crippen LogP contribution in [0.1, 0.15) is 48.2 Å². The number of amides is 1. The lowest BCUT2D eigenvalue weighted by Gasteiger charge is -2.16. The first-order chi connectivity index (χ1) is 11.1. The van der Waals surface area contributed by atoms with Crippen LogP contribution in [0.3, 0.4) is 0 Å². The fraction of sp³-hybridized carbons (Fsp3) is 0.375. The third-order valence-electron chi connectivity index (χ3n) is 3.80. The van der Waals surface area contributed by atoms with Crippen molar-refractivity contribution in [2.75, 3.05) is 0 Å². The van der Waals surface area contributed by atoms with Crippen molar-refractivity contribution in [2.24, 2.45) is 0 Å². The van der Waals surface area contributed by atoms with Crippen molar-refractivity contribution < 1.29 is 4.79 Å². The zero-order chi connectivity index (χ0) is 16.4. The third kappa shape index (κ3) is 2.94. The number of nitrogens with one attached hydrogen (secondary N) is 1. The summed E-state index contributed by atoms with van der Waals surface area (Å²) in [5, 5.41) is 7.16. The summed E-state index contributed by atoms with van der Waals surface area (Å²) in [6.45, 7) is 6.73. The molecule has 3 heterocycles. The minimum absolute atomic E-state index is 0.184. The van der Waals surface area contributed by atoms with Gasteiger partial charge in [-0.3, -0.25) is 4.79 Å². The molecule has 1 amide bonds. The number of fused-ring (bicyclic) bond motifs is 1. The summed E-state index contributed by atoms with van der Waals surface area (Å²) in [5.74, 6) is 0.562. The topological polar surface area (TPSA) is 77.1 Å². The molecule has 0 saturated carbocycles. The first-order valence-corrected chi connectivity index (χ1v) is 7.76. The van der Waals surface area contributed by atoms with Crippen LogP contribution in [0.2, 0.25) is 0 Å². The van der Waals surface area contributed by atoms with Gasteiger partial charge in [-0.15, -0.1) is 0 Å². The van der Waals surface area contributed by atoms with E-state index in [4.69, 9.17) is 0 Å². The summed E-state index contributed by atoms with van der Waals surface area (Å²) in [5.41, 5.74) is 2.27. The maximum absolute atomic E-state index is 12.5. The molecule has 7 nitrogen and oxygen atoms in total. The Kier molecular flexibility index (Phi) is 4.10. The predicted molar refractivity (Wildman–Crippen MR) is 86.1 cm³/mol. The number of aromatic nitrogens is 5. The van der Waals surface area contributed by atoms with Gasteiger partial charge in [-0.1, -0.05) is 13.0 Å². The molecule has 0 aliphatic carbocycles. The van der Waals surface area contributed by atoms with Crippen molar-refractivity contribution in [3.05, 3.63) is 47.9 Å². The van der Waals surface area contributed by atoms with Gasteiger partial charge in [0, 0.05) is 18.9 Å². The molecule has 3 aromatic heterocycles. The molecule has 0 saturated heterocycles. The Balaban J connectivity index is 1.83. The van der Waals surface area contributed by atoms with E-state index in [1.54, 1.807) is 10.9 Å². The van der Waals surface area contributed by atoms with E-state index in [2.05, 4.69) is 20.4 Å². The predicted octanol–water partition coefficient (Wildman–Crippen LogP) is 2.14. The lowest BCUT2D eigenvalue weighted by atomic mass is 10.2. The molecule has 3 rings (SSSR count). The molecule has 0 fully saturated rings. The maximum Gasteiger partial charge on any atom is 0.272 e. The lowest BCUT2D eigenvalue weighted by molar-refractivity contribution is 0.0928. The van der Waals surface area contributed by atoms with Gasteiger partial charge in [0.1, 0.15) is 23.5 Å². The Labute approximate surface area is 134 Å². The van der Waals surface area contributed by atoms with Crippen LogP contribution in [-0.4, -0.2) is 30.1 Å². The molecule has 120 valence electrons. The molecule has 1 atom stereocenters. The Morgan fingerprint density at radius 3 is 2.87 bits per heavy atom. The van der Waals surface area contributed by atoms with E-state index in [0.717, 1.165) is 30.0 Å². The van der Waals surface area contributed by atoms with Crippen molar-refractivity contribution in [1.29, 1.82) is 0 Å². The highest BCUT2D eigenvalue weighted by molar-refractivity contribution is 5.93.